The average molecular weight is 352 g/mol. The molecule has 0 unspecified atom stereocenters. The summed E-state index contributed by atoms with van der Waals surface area (Å²) < 4.78 is 0.897. The number of benzene rings is 1. The first-order valence-corrected chi connectivity index (χ1v) is 9.18. The second-order valence-corrected chi connectivity index (χ2v) is 7.30. The highest BCUT2D eigenvalue weighted by Gasteiger charge is 2.18. The van der Waals surface area contributed by atoms with Crippen LogP contribution in [0.2, 0.25) is 0 Å². The van der Waals surface area contributed by atoms with Crippen molar-refractivity contribution in [3.05, 3.63) is 48.8 Å². The highest BCUT2D eigenvalue weighted by molar-refractivity contribution is 8.23. The molecule has 0 amide bonds. The van der Waals surface area contributed by atoms with E-state index in [4.69, 9.17) is 17.2 Å². The molecule has 3 aromatic rings. The molecule has 0 radical (unpaired) electrons. The summed E-state index contributed by atoms with van der Waals surface area (Å²) >= 11 is 7.20. The minimum absolute atomic E-state index is 0.688. The van der Waals surface area contributed by atoms with E-state index in [2.05, 4.69) is 20.9 Å². The van der Waals surface area contributed by atoms with Crippen LogP contribution in [0.25, 0.3) is 22.3 Å². The highest BCUT2D eigenvalue weighted by Crippen LogP contribution is 2.30. The standard InChI is InChI=1S/C18H16N4S2/c23-18(22-10-3-4-11-22)24-17-14-7-1-2-8-15(14)20-16(21-17)13-6-5-9-19-12-13/h1-2,5-9,12H,3-4,10-11H2. The first-order valence-electron chi connectivity index (χ1n) is 7.95. The van der Waals surface area contributed by atoms with Gasteiger partial charge in [-0.05, 0) is 42.8 Å². The molecule has 1 saturated heterocycles. The Morgan fingerprint density at radius 3 is 2.67 bits per heavy atom. The fraction of sp³-hybridized carbons (Fsp3) is 0.222. The SMILES string of the molecule is S=C(Sc1nc(-c2cccnc2)nc2ccccc12)N1CCCC1. The van der Waals surface area contributed by atoms with Gasteiger partial charge in [0.25, 0.3) is 0 Å². The van der Waals surface area contributed by atoms with Gasteiger partial charge >= 0.3 is 0 Å². The van der Waals surface area contributed by atoms with Gasteiger partial charge in [0.05, 0.1) is 5.52 Å². The molecule has 6 heteroatoms. The van der Waals surface area contributed by atoms with Crippen molar-refractivity contribution in [2.24, 2.45) is 0 Å². The minimum atomic E-state index is 0.688. The van der Waals surface area contributed by atoms with Crippen molar-refractivity contribution in [3.8, 4) is 11.4 Å². The van der Waals surface area contributed by atoms with Gasteiger partial charge in [-0.15, -0.1) is 0 Å². The molecule has 0 N–H and O–H groups in total. The number of para-hydroxylation sites is 1. The van der Waals surface area contributed by atoms with Crippen LogP contribution in [0.15, 0.2) is 53.8 Å². The summed E-state index contributed by atoms with van der Waals surface area (Å²) in [6, 6.07) is 11.9. The summed E-state index contributed by atoms with van der Waals surface area (Å²) in [5, 5.41) is 1.95. The van der Waals surface area contributed by atoms with Crippen molar-refractivity contribution in [1.82, 2.24) is 19.9 Å². The zero-order chi connectivity index (χ0) is 16.4. The molecule has 2 aromatic heterocycles. The van der Waals surface area contributed by atoms with E-state index >= 15 is 0 Å². The molecular formula is C18H16N4S2. The van der Waals surface area contributed by atoms with E-state index < -0.39 is 0 Å². The summed E-state index contributed by atoms with van der Waals surface area (Å²) in [7, 11) is 0. The zero-order valence-corrected chi connectivity index (χ0v) is 14.7. The summed E-state index contributed by atoms with van der Waals surface area (Å²) in [5.41, 5.74) is 1.84. The van der Waals surface area contributed by atoms with Crippen LogP contribution in [0.4, 0.5) is 0 Å². The molecule has 4 nitrogen and oxygen atoms in total. The predicted octanol–water partition coefficient (Wildman–Crippen LogP) is 4.16. The Morgan fingerprint density at radius 2 is 1.88 bits per heavy atom. The molecule has 1 aliphatic rings. The van der Waals surface area contributed by atoms with Crippen LogP contribution >= 0.6 is 24.0 Å². The lowest BCUT2D eigenvalue weighted by Gasteiger charge is -2.18. The van der Waals surface area contributed by atoms with Gasteiger partial charge in [0, 0.05) is 36.4 Å². The largest absolute Gasteiger partial charge is 0.357 e. The van der Waals surface area contributed by atoms with E-state index in [0.29, 0.717) is 5.82 Å². The Hall–Kier alpha value is -2.05. The summed E-state index contributed by atoms with van der Waals surface area (Å²) in [6.45, 7) is 2.09. The van der Waals surface area contributed by atoms with E-state index in [-0.39, 0.29) is 0 Å². The van der Waals surface area contributed by atoms with Crippen LogP contribution in [0.3, 0.4) is 0 Å². The van der Waals surface area contributed by atoms with Crippen molar-refractivity contribution >= 4 is 39.2 Å². The smallest absolute Gasteiger partial charge is 0.162 e. The lowest BCUT2D eigenvalue weighted by molar-refractivity contribution is 0.539. The maximum atomic E-state index is 5.63. The first kappa shape index (κ1) is 15.5. The maximum Gasteiger partial charge on any atom is 0.162 e. The van der Waals surface area contributed by atoms with E-state index in [9.17, 15) is 0 Å². The normalized spacial score (nSPS) is 14.2. The highest BCUT2D eigenvalue weighted by atomic mass is 32.2. The van der Waals surface area contributed by atoms with Gasteiger partial charge in [0.1, 0.15) is 9.35 Å². The van der Waals surface area contributed by atoms with Crippen LogP contribution in [0, 0.1) is 0 Å². The third-order valence-corrected chi connectivity index (χ3v) is 5.48. The molecule has 4 rings (SSSR count). The zero-order valence-electron chi connectivity index (χ0n) is 13.1. The first-order chi connectivity index (χ1) is 11.8. The van der Waals surface area contributed by atoms with Gasteiger partial charge in [-0.2, -0.15) is 0 Å². The molecule has 0 bridgehead atoms. The Morgan fingerprint density at radius 1 is 1.04 bits per heavy atom. The monoisotopic (exact) mass is 352 g/mol. The molecule has 1 aliphatic heterocycles. The van der Waals surface area contributed by atoms with Crippen molar-refractivity contribution in [1.29, 1.82) is 0 Å². The fourth-order valence-corrected chi connectivity index (χ4v) is 4.11. The van der Waals surface area contributed by atoms with Gasteiger partial charge in [-0.25, -0.2) is 9.97 Å². The lowest BCUT2D eigenvalue weighted by atomic mass is 10.2. The molecule has 0 spiro atoms. The van der Waals surface area contributed by atoms with Gasteiger partial charge in [-0.3, -0.25) is 4.98 Å². The van der Waals surface area contributed by atoms with E-state index in [0.717, 1.165) is 38.9 Å². The third kappa shape index (κ3) is 3.12. The molecule has 0 saturated carbocycles. The number of hydrogen-bond donors (Lipinski definition) is 0. The number of aromatic nitrogens is 3. The van der Waals surface area contributed by atoms with Gasteiger partial charge in [0.2, 0.25) is 0 Å². The average Bonchev–Trinajstić information content (AvgIpc) is 3.17. The molecule has 0 atom stereocenters. The molecule has 1 fully saturated rings. The van der Waals surface area contributed by atoms with E-state index in [1.54, 1.807) is 24.2 Å². The Balaban J connectivity index is 1.76. The van der Waals surface area contributed by atoms with Crippen LogP contribution in [-0.2, 0) is 0 Å². The lowest BCUT2D eigenvalue weighted by Crippen LogP contribution is -2.23. The van der Waals surface area contributed by atoms with Gasteiger partial charge in [-0.1, -0.05) is 30.4 Å². The van der Waals surface area contributed by atoms with Crippen molar-refractivity contribution in [2.75, 3.05) is 13.1 Å². The van der Waals surface area contributed by atoms with Crippen molar-refractivity contribution in [3.63, 3.8) is 0 Å². The van der Waals surface area contributed by atoms with Crippen molar-refractivity contribution < 1.29 is 0 Å². The van der Waals surface area contributed by atoms with Gasteiger partial charge in [0.15, 0.2) is 5.82 Å². The Bertz CT molecular complexity index is 877. The van der Waals surface area contributed by atoms with E-state index in [1.165, 1.54) is 12.8 Å². The minimum Gasteiger partial charge on any atom is -0.357 e. The predicted molar refractivity (Wildman–Crippen MR) is 102 cm³/mol. The molecule has 1 aromatic carbocycles. The summed E-state index contributed by atoms with van der Waals surface area (Å²) in [6.07, 6.45) is 5.97. The van der Waals surface area contributed by atoms with E-state index in [1.807, 2.05) is 30.3 Å². The topological polar surface area (TPSA) is 41.9 Å². The van der Waals surface area contributed by atoms with Crippen LogP contribution in [-0.4, -0.2) is 37.3 Å². The van der Waals surface area contributed by atoms with Crippen molar-refractivity contribution in [2.45, 2.75) is 17.9 Å². The molecule has 3 heterocycles. The van der Waals surface area contributed by atoms with Crippen LogP contribution in [0.1, 0.15) is 12.8 Å². The second kappa shape index (κ2) is 6.83. The van der Waals surface area contributed by atoms with Gasteiger partial charge < -0.3 is 4.90 Å². The third-order valence-electron chi connectivity index (χ3n) is 4.04. The van der Waals surface area contributed by atoms with Crippen LogP contribution < -0.4 is 0 Å². The number of pyridine rings is 1. The summed E-state index contributed by atoms with van der Waals surface area (Å²) in [5.74, 6) is 0.688. The number of thioether (sulfide) groups is 1. The molecule has 0 aliphatic carbocycles. The Labute approximate surface area is 150 Å². The number of nitrogens with zero attached hydrogens (tertiary/aromatic N) is 4. The Kier molecular flexibility index (Phi) is 4.40. The number of fused-ring (bicyclic) bond motifs is 1. The number of hydrogen-bond acceptors (Lipinski definition) is 5. The molecular weight excluding hydrogens is 336 g/mol. The fourth-order valence-electron chi connectivity index (χ4n) is 2.80. The molecule has 120 valence electrons. The number of rotatable bonds is 2. The van der Waals surface area contributed by atoms with Crippen LogP contribution in [0.5, 0.6) is 0 Å². The quantitative estimate of drug-likeness (QED) is 0.392. The number of likely N-dealkylation sites (tertiary alicyclic amines) is 1. The number of thiocarbonyl (C=S) groups is 1. The summed E-state index contributed by atoms with van der Waals surface area (Å²) in [4.78, 5) is 15.9. The maximum absolute atomic E-state index is 5.63. The second-order valence-electron chi connectivity index (χ2n) is 5.67. The molecule has 24 heavy (non-hydrogen) atoms.